The summed E-state index contributed by atoms with van der Waals surface area (Å²) in [7, 11) is 0. The number of nitrogens with one attached hydrogen (secondary N) is 1. The molecule has 6 heteroatoms. The molecule has 0 bridgehead atoms. The molecule has 1 N–H and O–H groups in total. The molecule has 0 saturated carbocycles. The van der Waals surface area contributed by atoms with Crippen LogP contribution in [0.1, 0.15) is 24.0 Å². The van der Waals surface area contributed by atoms with Gasteiger partial charge in [0.2, 0.25) is 11.8 Å². The number of halogens is 1. The third kappa shape index (κ3) is 5.39. The van der Waals surface area contributed by atoms with Crippen LogP contribution in [-0.2, 0) is 16.0 Å². The summed E-state index contributed by atoms with van der Waals surface area (Å²) in [6, 6.07) is 16.2. The fourth-order valence-corrected chi connectivity index (χ4v) is 4.29. The van der Waals surface area contributed by atoms with Crippen LogP contribution in [0.2, 0.25) is 0 Å². The molecule has 2 amide bonds. The van der Waals surface area contributed by atoms with Crippen molar-refractivity contribution in [1.82, 2.24) is 15.1 Å². The van der Waals surface area contributed by atoms with Crippen LogP contribution in [0.4, 0.5) is 4.39 Å². The number of nitrogens with zero attached hydrogens (tertiary/aromatic N) is 2. The molecule has 1 saturated heterocycles. The van der Waals surface area contributed by atoms with Gasteiger partial charge in [-0.15, -0.1) is 0 Å². The summed E-state index contributed by atoms with van der Waals surface area (Å²) in [5, 5.41) is 2.91. The Morgan fingerprint density at radius 1 is 1.06 bits per heavy atom. The number of carbonyl (C=O) groups is 2. The molecule has 5 nitrogen and oxygen atoms in total. The molecular formula is C25H28FN3O2. The topological polar surface area (TPSA) is 52.7 Å². The van der Waals surface area contributed by atoms with Crippen LogP contribution in [0.15, 0.2) is 60.7 Å². The first-order valence-electron chi connectivity index (χ1n) is 10.9. The van der Waals surface area contributed by atoms with Crippen molar-refractivity contribution in [2.45, 2.75) is 25.3 Å². The molecule has 2 aliphatic heterocycles. The van der Waals surface area contributed by atoms with Gasteiger partial charge in [0, 0.05) is 32.7 Å². The number of carbonyl (C=O) groups excluding carboxylic acids is 2. The third-order valence-corrected chi connectivity index (χ3v) is 6.12. The van der Waals surface area contributed by atoms with Crippen LogP contribution in [0.25, 0.3) is 5.57 Å². The second kappa shape index (κ2) is 9.88. The number of piperazine rings is 1. The van der Waals surface area contributed by atoms with Gasteiger partial charge >= 0.3 is 0 Å². The molecule has 0 spiro atoms. The maximum Gasteiger partial charge on any atom is 0.237 e. The minimum absolute atomic E-state index is 0.00108. The Kier molecular flexibility index (Phi) is 6.77. The fraction of sp³-hybridized carbons (Fsp3) is 0.360. The highest BCUT2D eigenvalue weighted by atomic mass is 19.1. The van der Waals surface area contributed by atoms with Crippen LogP contribution >= 0.6 is 0 Å². The van der Waals surface area contributed by atoms with Gasteiger partial charge in [0.05, 0.1) is 12.5 Å². The Morgan fingerprint density at radius 3 is 2.55 bits per heavy atom. The van der Waals surface area contributed by atoms with Gasteiger partial charge in [0.25, 0.3) is 0 Å². The average molecular weight is 422 g/mol. The van der Waals surface area contributed by atoms with Gasteiger partial charge in [-0.05, 0) is 41.7 Å². The zero-order chi connectivity index (χ0) is 21.6. The van der Waals surface area contributed by atoms with Crippen LogP contribution in [0.3, 0.4) is 0 Å². The van der Waals surface area contributed by atoms with E-state index in [0.717, 1.165) is 37.1 Å². The molecule has 1 fully saturated rings. The molecule has 0 aromatic heterocycles. The molecule has 2 heterocycles. The quantitative estimate of drug-likeness (QED) is 0.781. The summed E-state index contributed by atoms with van der Waals surface area (Å²) < 4.78 is 13.2. The van der Waals surface area contributed by atoms with Gasteiger partial charge in [0.1, 0.15) is 5.82 Å². The van der Waals surface area contributed by atoms with Gasteiger partial charge in [-0.2, -0.15) is 0 Å². The number of hydrogen-bond donors (Lipinski definition) is 1. The first kappa shape index (κ1) is 21.2. The van der Waals surface area contributed by atoms with E-state index in [1.165, 1.54) is 17.7 Å². The van der Waals surface area contributed by atoms with E-state index in [2.05, 4.69) is 22.3 Å². The molecule has 4 rings (SSSR count). The molecule has 162 valence electrons. The molecule has 2 aromatic rings. The van der Waals surface area contributed by atoms with E-state index < -0.39 is 6.04 Å². The molecule has 2 aromatic carbocycles. The Bertz CT molecular complexity index is 943. The second-order valence-corrected chi connectivity index (χ2v) is 8.11. The Morgan fingerprint density at radius 2 is 1.84 bits per heavy atom. The normalized spacial score (nSPS) is 19.6. The van der Waals surface area contributed by atoms with Gasteiger partial charge in [0.15, 0.2) is 0 Å². The number of hydrogen-bond acceptors (Lipinski definition) is 3. The molecular weight excluding hydrogens is 393 g/mol. The average Bonchev–Trinajstić information content (AvgIpc) is 2.81. The van der Waals surface area contributed by atoms with Gasteiger partial charge in [-0.3, -0.25) is 14.5 Å². The highest BCUT2D eigenvalue weighted by molar-refractivity contribution is 5.89. The molecule has 0 aliphatic carbocycles. The molecule has 2 aliphatic rings. The van der Waals surface area contributed by atoms with Gasteiger partial charge in [-0.25, -0.2) is 4.39 Å². The summed E-state index contributed by atoms with van der Waals surface area (Å²) in [4.78, 5) is 29.4. The number of benzene rings is 2. The van der Waals surface area contributed by atoms with Crippen molar-refractivity contribution in [3.8, 4) is 0 Å². The van der Waals surface area contributed by atoms with E-state index >= 15 is 0 Å². The van der Waals surface area contributed by atoms with Crippen molar-refractivity contribution in [2.24, 2.45) is 0 Å². The third-order valence-electron chi connectivity index (χ3n) is 6.12. The summed E-state index contributed by atoms with van der Waals surface area (Å²) in [6.07, 6.45) is 3.81. The predicted molar refractivity (Wildman–Crippen MR) is 119 cm³/mol. The van der Waals surface area contributed by atoms with E-state index in [1.807, 2.05) is 29.2 Å². The van der Waals surface area contributed by atoms with Crippen molar-refractivity contribution in [3.05, 3.63) is 77.6 Å². The van der Waals surface area contributed by atoms with Crippen molar-refractivity contribution < 1.29 is 14.0 Å². The lowest BCUT2D eigenvalue weighted by Gasteiger charge is -2.36. The molecule has 0 unspecified atom stereocenters. The van der Waals surface area contributed by atoms with Crippen LogP contribution < -0.4 is 5.32 Å². The SMILES string of the molecule is O=C1NCCN(CCc2ccccc2)[C@H]1CC(=O)N1CC=C(c2ccc(F)cc2)CC1. The first-order valence-corrected chi connectivity index (χ1v) is 10.9. The molecule has 0 radical (unpaired) electrons. The lowest BCUT2D eigenvalue weighted by molar-refractivity contribution is -0.138. The molecule has 31 heavy (non-hydrogen) atoms. The zero-order valence-corrected chi connectivity index (χ0v) is 17.6. The minimum Gasteiger partial charge on any atom is -0.353 e. The Hall–Kier alpha value is -2.99. The Balaban J connectivity index is 1.35. The summed E-state index contributed by atoms with van der Waals surface area (Å²) in [5.74, 6) is -0.312. The van der Waals surface area contributed by atoms with Crippen LogP contribution in [-0.4, -0.2) is 60.4 Å². The summed E-state index contributed by atoms with van der Waals surface area (Å²) >= 11 is 0. The standard InChI is InChI=1S/C25H28FN3O2/c26-22-8-6-20(7-9-22)21-11-15-29(16-12-21)24(30)18-23-25(31)27-13-17-28(23)14-10-19-4-2-1-3-5-19/h1-9,11,23H,10,12-18H2,(H,27,31)/t23-/m0/s1. The van der Waals surface area contributed by atoms with Crippen molar-refractivity contribution >= 4 is 17.4 Å². The van der Waals surface area contributed by atoms with Gasteiger partial charge in [-0.1, -0.05) is 48.5 Å². The van der Waals surface area contributed by atoms with Crippen LogP contribution in [0.5, 0.6) is 0 Å². The maximum atomic E-state index is 13.2. The van der Waals surface area contributed by atoms with Crippen LogP contribution in [0, 0.1) is 5.82 Å². The van der Waals surface area contributed by atoms with Crippen molar-refractivity contribution in [1.29, 1.82) is 0 Å². The zero-order valence-electron chi connectivity index (χ0n) is 17.6. The lowest BCUT2D eigenvalue weighted by atomic mass is 9.99. The minimum atomic E-state index is -0.424. The predicted octanol–water partition coefficient (Wildman–Crippen LogP) is 2.87. The second-order valence-electron chi connectivity index (χ2n) is 8.11. The summed E-state index contributed by atoms with van der Waals surface area (Å²) in [5.41, 5.74) is 3.35. The highest BCUT2D eigenvalue weighted by Gasteiger charge is 2.33. The van der Waals surface area contributed by atoms with Crippen molar-refractivity contribution in [2.75, 3.05) is 32.7 Å². The lowest BCUT2D eigenvalue weighted by Crippen LogP contribution is -2.57. The van der Waals surface area contributed by atoms with Crippen molar-refractivity contribution in [3.63, 3.8) is 0 Å². The smallest absolute Gasteiger partial charge is 0.237 e. The Labute approximate surface area is 182 Å². The number of rotatable bonds is 6. The maximum absolute atomic E-state index is 13.2. The highest BCUT2D eigenvalue weighted by Crippen LogP contribution is 2.23. The van der Waals surface area contributed by atoms with E-state index in [-0.39, 0.29) is 24.1 Å². The van der Waals surface area contributed by atoms with E-state index in [0.29, 0.717) is 19.6 Å². The largest absolute Gasteiger partial charge is 0.353 e. The fourth-order valence-electron chi connectivity index (χ4n) is 4.29. The molecule has 1 atom stereocenters. The summed E-state index contributed by atoms with van der Waals surface area (Å²) in [6.45, 7) is 3.26. The van der Waals surface area contributed by atoms with E-state index in [9.17, 15) is 14.0 Å². The van der Waals surface area contributed by atoms with E-state index in [4.69, 9.17) is 0 Å². The van der Waals surface area contributed by atoms with E-state index in [1.54, 1.807) is 12.1 Å². The monoisotopic (exact) mass is 421 g/mol. The first-order chi connectivity index (χ1) is 15.1. The number of amides is 2. The van der Waals surface area contributed by atoms with Gasteiger partial charge < -0.3 is 10.2 Å².